The van der Waals surface area contributed by atoms with Gasteiger partial charge >= 0.3 is 0 Å². The van der Waals surface area contributed by atoms with Gasteiger partial charge < -0.3 is 15.4 Å². The molecule has 0 aliphatic rings. The average Bonchev–Trinajstić information content (AvgIpc) is 2.62. The van der Waals surface area contributed by atoms with Gasteiger partial charge in [-0.1, -0.05) is 32.0 Å². The monoisotopic (exact) mass is 354 g/mol. The molecule has 0 atom stereocenters. The molecule has 0 unspecified atom stereocenters. The van der Waals surface area contributed by atoms with Gasteiger partial charge in [-0.25, -0.2) is 0 Å². The topological polar surface area (TPSA) is 67.4 Å². The van der Waals surface area contributed by atoms with E-state index in [0.29, 0.717) is 12.3 Å². The van der Waals surface area contributed by atoms with Gasteiger partial charge in [-0.05, 0) is 48.2 Å². The average molecular weight is 354 g/mol. The number of ether oxygens (including phenoxy) is 1. The SMILES string of the molecule is CCc1ccc(OCCC(=O)Nc2cc(NC(C)=O)ccc2CC)cc1. The van der Waals surface area contributed by atoms with Crippen LogP contribution in [-0.4, -0.2) is 18.4 Å². The van der Waals surface area contributed by atoms with E-state index in [-0.39, 0.29) is 18.2 Å². The highest BCUT2D eigenvalue weighted by atomic mass is 16.5. The molecular weight excluding hydrogens is 328 g/mol. The van der Waals surface area contributed by atoms with Crippen molar-refractivity contribution in [3.05, 3.63) is 53.6 Å². The molecule has 0 bridgehead atoms. The van der Waals surface area contributed by atoms with Crippen LogP contribution < -0.4 is 15.4 Å². The minimum Gasteiger partial charge on any atom is -0.493 e. The Kier molecular flexibility index (Phi) is 7.21. The molecule has 2 N–H and O–H groups in total. The number of hydrogen-bond acceptors (Lipinski definition) is 3. The summed E-state index contributed by atoms with van der Waals surface area (Å²) in [4.78, 5) is 23.4. The molecular formula is C21H26N2O3. The van der Waals surface area contributed by atoms with E-state index < -0.39 is 0 Å². The molecule has 0 aliphatic heterocycles. The van der Waals surface area contributed by atoms with Gasteiger partial charge in [0.05, 0.1) is 13.0 Å². The first-order chi connectivity index (χ1) is 12.5. The summed E-state index contributed by atoms with van der Waals surface area (Å²) in [6.07, 6.45) is 2.03. The van der Waals surface area contributed by atoms with Crippen molar-refractivity contribution in [1.82, 2.24) is 0 Å². The third kappa shape index (κ3) is 5.92. The first-order valence-electron chi connectivity index (χ1n) is 8.94. The van der Waals surface area contributed by atoms with E-state index in [4.69, 9.17) is 4.74 Å². The molecule has 0 saturated heterocycles. The summed E-state index contributed by atoms with van der Waals surface area (Å²) < 4.78 is 5.63. The number of aryl methyl sites for hydroxylation is 2. The first-order valence-corrected chi connectivity index (χ1v) is 8.94. The molecule has 138 valence electrons. The van der Waals surface area contributed by atoms with Gasteiger partial charge in [0.2, 0.25) is 11.8 Å². The van der Waals surface area contributed by atoms with Crippen LogP contribution in [0.5, 0.6) is 5.75 Å². The summed E-state index contributed by atoms with van der Waals surface area (Å²) in [7, 11) is 0. The summed E-state index contributed by atoms with van der Waals surface area (Å²) in [5.41, 5.74) is 3.65. The second-order valence-corrected chi connectivity index (χ2v) is 6.05. The fourth-order valence-electron chi connectivity index (χ4n) is 2.58. The summed E-state index contributed by atoms with van der Waals surface area (Å²) in [6, 6.07) is 13.4. The lowest BCUT2D eigenvalue weighted by Gasteiger charge is -2.13. The van der Waals surface area contributed by atoms with Crippen molar-refractivity contribution in [2.24, 2.45) is 0 Å². The van der Waals surface area contributed by atoms with E-state index >= 15 is 0 Å². The predicted octanol–water partition coefficient (Wildman–Crippen LogP) is 4.18. The summed E-state index contributed by atoms with van der Waals surface area (Å²) >= 11 is 0. The van der Waals surface area contributed by atoms with Crippen LogP contribution in [0.25, 0.3) is 0 Å². The van der Waals surface area contributed by atoms with Crippen molar-refractivity contribution in [2.45, 2.75) is 40.0 Å². The van der Waals surface area contributed by atoms with Crippen LogP contribution in [0.3, 0.4) is 0 Å². The maximum atomic E-state index is 12.2. The molecule has 2 amide bonds. The number of anilines is 2. The fourth-order valence-corrected chi connectivity index (χ4v) is 2.58. The standard InChI is InChI=1S/C21H26N2O3/c1-4-16-6-10-19(11-7-16)26-13-12-21(25)23-20-14-18(22-15(3)24)9-8-17(20)5-2/h6-11,14H,4-5,12-13H2,1-3H3,(H,22,24)(H,23,25). The molecule has 5 heteroatoms. The third-order valence-corrected chi connectivity index (χ3v) is 4.01. The number of nitrogens with one attached hydrogen (secondary N) is 2. The molecule has 0 saturated carbocycles. The van der Waals surface area contributed by atoms with E-state index in [2.05, 4.69) is 17.6 Å². The van der Waals surface area contributed by atoms with E-state index in [9.17, 15) is 9.59 Å². The van der Waals surface area contributed by atoms with Gasteiger partial charge in [-0.2, -0.15) is 0 Å². The normalized spacial score (nSPS) is 10.3. The Morgan fingerprint density at radius 3 is 2.31 bits per heavy atom. The molecule has 2 aromatic carbocycles. The van der Waals surface area contributed by atoms with Crippen LogP contribution >= 0.6 is 0 Å². The maximum Gasteiger partial charge on any atom is 0.227 e. The lowest BCUT2D eigenvalue weighted by Crippen LogP contribution is -2.16. The Hall–Kier alpha value is -2.82. The Bertz CT molecular complexity index is 754. The van der Waals surface area contributed by atoms with E-state index in [0.717, 1.165) is 29.8 Å². The van der Waals surface area contributed by atoms with Gasteiger partial charge in [0.1, 0.15) is 5.75 Å². The zero-order valence-electron chi connectivity index (χ0n) is 15.6. The molecule has 26 heavy (non-hydrogen) atoms. The number of hydrogen-bond donors (Lipinski definition) is 2. The quantitative estimate of drug-likeness (QED) is 0.747. The molecule has 0 aromatic heterocycles. The van der Waals surface area contributed by atoms with Crippen LogP contribution in [0.4, 0.5) is 11.4 Å². The van der Waals surface area contributed by atoms with Gasteiger partial charge in [0, 0.05) is 18.3 Å². The van der Waals surface area contributed by atoms with Crippen molar-refractivity contribution < 1.29 is 14.3 Å². The number of carbonyl (C=O) groups excluding carboxylic acids is 2. The zero-order chi connectivity index (χ0) is 18.9. The Morgan fingerprint density at radius 1 is 0.962 bits per heavy atom. The molecule has 0 heterocycles. The number of benzene rings is 2. The maximum absolute atomic E-state index is 12.2. The fraction of sp³-hybridized carbons (Fsp3) is 0.333. The second kappa shape index (κ2) is 9.61. The molecule has 5 nitrogen and oxygen atoms in total. The van der Waals surface area contributed by atoms with E-state index in [1.54, 1.807) is 6.07 Å². The molecule has 0 radical (unpaired) electrons. The van der Waals surface area contributed by atoms with E-state index in [1.165, 1.54) is 12.5 Å². The van der Waals surface area contributed by atoms with Crippen LogP contribution in [0, 0.1) is 0 Å². The van der Waals surface area contributed by atoms with Crippen LogP contribution in [-0.2, 0) is 22.4 Å². The number of carbonyl (C=O) groups is 2. The minimum absolute atomic E-state index is 0.121. The Balaban J connectivity index is 1.90. The molecule has 2 rings (SSSR count). The smallest absolute Gasteiger partial charge is 0.227 e. The Labute approximate surface area is 154 Å². The highest BCUT2D eigenvalue weighted by Crippen LogP contribution is 2.22. The highest BCUT2D eigenvalue weighted by molar-refractivity contribution is 5.94. The number of rotatable bonds is 8. The largest absolute Gasteiger partial charge is 0.493 e. The summed E-state index contributed by atoms with van der Waals surface area (Å²) in [5.74, 6) is 0.496. The molecule has 0 spiro atoms. The van der Waals surface area contributed by atoms with Gasteiger partial charge in [0.25, 0.3) is 0 Å². The second-order valence-electron chi connectivity index (χ2n) is 6.05. The lowest BCUT2D eigenvalue weighted by molar-refractivity contribution is -0.116. The van der Waals surface area contributed by atoms with Crippen LogP contribution in [0.2, 0.25) is 0 Å². The van der Waals surface area contributed by atoms with Crippen molar-refractivity contribution in [3.63, 3.8) is 0 Å². The molecule has 0 aliphatic carbocycles. The van der Waals surface area contributed by atoms with Crippen molar-refractivity contribution in [1.29, 1.82) is 0 Å². The first kappa shape index (κ1) is 19.5. The third-order valence-electron chi connectivity index (χ3n) is 4.01. The van der Waals surface area contributed by atoms with Crippen molar-refractivity contribution >= 4 is 23.2 Å². The highest BCUT2D eigenvalue weighted by Gasteiger charge is 2.08. The predicted molar refractivity (Wildman–Crippen MR) is 105 cm³/mol. The van der Waals surface area contributed by atoms with E-state index in [1.807, 2.05) is 43.3 Å². The van der Waals surface area contributed by atoms with Crippen molar-refractivity contribution in [2.75, 3.05) is 17.2 Å². The van der Waals surface area contributed by atoms with Gasteiger partial charge in [0.15, 0.2) is 0 Å². The van der Waals surface area contributed by atoms with Crippen LogP contribution in [0.1, 0.15) is 38.3 Å². The van der Waals surface area contributed by atoms with Crippen molar-refractivity contribution in [3.8, 4) is 5.75 Å². The summed E-state index contributed by atoms with van der Waals surface area (Å²) in [6.45, 7) is 5.89. The van der Waals surface area contributed by atoms with Gasteiger partial charge in [-0.15, -0.1) is 0 Å². The molecule has 2 aromatic rings. The van der Waals surface area contributed by atoms with Gasteiger partial charge in [-0.3, -0.25) is 9.59 Å². The van der Waals surface area contributed by atoms with Crippen LogP contribution in [0.15, 0.2) is 42.5 Å². The minimum atomic E-state index is -0.144. The zero-order valence-corrected chi connectivity index (χ0v) is 15.6. The Morgan fingerprint density at radius 2 is 1.69 bits per heavy atom. The summed E-state index contributed by atoms with van der Waals surface area (Å²) in [5, 5.41) is 5.64. The molecule has 0 fully saturated rings. The number of amides is 2. The lowest BCUT2D eigenvalue weighted by atomic mass is 10.1.